The number of likely N-dealkylation sites (tertiary alicyclic amines) is 2. The number of benzene rings is 2. The number of ether oxygens (including phenoxy) is 2. The fourth-order valence-electron chi connectivity index (χ4n) is 5.16. The van der Waals surface area contributed by atoms with Gasteiger partial charge in [0.1, 0.15) is 19.0 Å². The Bertz CT molecular complexity index is 990. The summed E-state index contributed by atoms with van der Waals surface area (Å²) in [5, 5.41) is 10.1. The molecule has 2 aromatic carbocycles. The van der Waals surface area contributed by atoms with E-state index in [0.29, 0.717) is 13.1 Å². The molecular formula is C24H27FN2O5. The number of aliphatic hydroxyl groups is 1. The van der Waals surface area contributed by atoms with E-state index in [1.165, 1.54) is 26.4 Å². The topological polar surface area (TPSA) is 79.3 Å². The van der Waals surface area contributed by atoms with Crippen LogP contribution < -0.4 is 0 Å². The van der Waals surface area contributed by atoms with Gasteiger partial charge in [-0.05, 0) is 28.8 Å². The van der Waals surface area contributed by atoms with E-state index in [1.54, 1.807) is 15.9 Å². The Hall–Kier alpha value is -2.81. The number of hydrogen-bond acceptors (Lipinski definition) is 5. The molecular weight excluding hydrogens is 415 g/mol. The highest BCUT2D eigenvalue weighted by Gasteiger charge is 2.67. The second-order valence-corrected chi connectivity index (χ2v) is 8.34. The van der Waals surface area contributed by atoms with E-state index in [9.17, 15) is 19.1 Å². The third-order valence-corrected chi connectivity index (χ3v) is 6.48. The Morgan fingerprint density at radius 1 is 1.03 bits per heavy atom. The standard InChI is InChI=1S/C24H27FN2O5/c1-31-12-21(29)26-14-24(15-26)23(20(11-28)27(24)22(30)13-32-2)17-8-6-16(7-9-17)18-4-3-5-19(25)10-18/h3-10,20,23,28H,11-15H2,1-2H3/t20-,23-/m0/s1. The summed E-state index contributed by atoms with van der Waals surface area (Å²) >= 11 is 0. The number of amides is 2. The van der Waals surface area contributed by atoms with Crippen molar-refractivity contribution in [2.45, 2.75) is 17.5 Å². The molecule has 2 aliphatic heterocycles. The molecule has 0 bridgehead atoms. The number of aliphatic hydroxyl groups excluding tert-OH is 1. The molecule has 2 heterocycles. The van der Waals surface area contributed by atoms with Gasteiger partial charge in [-0.25, -0.2) is 4.39 Å². The first-order valence-electron chi connectivity index (χ1n) is 10.5. The van der Waals surface area contributed by atoms with Gasteiger partial charge in [0.05, 0.1) is 18.2 Å². The Morgan fingerprint density at radius 3 is 2.28 bits per heavy atom. The largest absolute Gasteiger partial charge is 0.394 e. The minimum absolute atomic E-state index is 0.0154. The normalized spacial score (nSPS) is 21.2. The molecule has 0 saturated carbocycles. The van der Waals surface area contributed by atoms with Crippen LogP contribution in [0.2, 0.25) is 0 Å². The van der Waals surface area contributed by atoms with E-state index in [-0.39, 0.29) is 43.4 Å². The highest BCUT2D eigenvalue weighted by molar-refractivity contribution is 5.84. The Kier molecular flexibility index (Phi) is 6.28. The molecule has 0 aliphatic carbocycles. The van der Waals surface area contributed by atoms with Gasteiger partial charge in [-0.3, -0.25) is 9.59 Å². The third-order valence-electron chi connectivity index (χ3n) is 6.48. The minimum Gasteiger partial charge on any atom is -0.394 e. The van der Waals surface area contributed by atoms with Crippen LogP contribution in [0.3, 0.4) is 0 Å². The lowest BCUT2D eigenvalue weighted by Gasteiger charge is -2.70. The number of carbonyl (C=O) groups is 2. The molecule has 32 heavy (non-hydrogen) atoms. The predicted molar refractivity (Wildman–Crippen MR) is 115 cm³/mol. The highest BCUT2D eigenvalue weighted by atomic mass is 19.1. The van der Waals surface area contributed by atoms with Crippen LogP contribution in [-0.4, -0.2) is 85.4 Å². The molecule has 4 rings (SSSR count). The number of carbonyl (C=O) groups excluding carboxylic acids is 2. The van der Waals surface area contributed by atoms with E-state index >= 15 is 0 Å². The minimum atomic E-state index is -0.590. The van der Waals surface area contributed by atoms with Crippen LogP contribution in [0.5, 0.6) is 0 Å². The first-order chi connectivity index (χ1) is 15.4. The van der Waals surface area contributed by atoms with Crippen molar-refractivity contribution in [2.75, 3.05) is 47.1 Å². The van der Waals surface area contributed by atoms with Crippen molar-refractivity contribution in [2.24, 2.45) is 0 Å². The highest BCUT2D eigenvalue weighted by Crippen LogP contribution is 2.54. The lowest BCUT2D eigenvalue weighted by molar-refractivity contribution is -0.206. The molecule has 2 amide bonds. The zero-order valence-electron chi connectivity index (χ0n) is 18.2. The average Bonchev–Trinajstić information content (AvgIpc) is 2.73. The number of rotatable bonds is 7. The van der Waals surface area contributed by atoms with Gasteiger partial charge in [-0.2, -0.15) is 0 Å². The summed E-state index contributed by atoms with van der Waals surface area (Å²) in [5.74, 6) is -0.781. The fourth-order valence-corrected chi connectivity index (χ4v) is 5.16. The van der Waals surface area contributed by atoms with Crippen molar-refractivity contribution in [3.8, 4) is 11.1 Å². The van der Waals surface area contributed by atoms with Gasteiger partial charge in [0, 0.05) is 33.2 Å². The van der Waals surface area contributed by atoms with Gasteiger partial charge in [0.15, 0.2) is 0 Å². The zero-order chi connectivity index (χ0) is 22.9. The van der Waals surface area contributed by atoms with Gasteiger partial charge >= 0.3 is 0 Å². The molecule has 2 saturated heterocycles. The molecule has 8 heteroatoms. The molecule has 0 radical (unpaired) electrons. The summed E-state index contributed by atoms with van der Waals surface area (Å²) in [6.07, 6.45) is 0. The summed E-state index contributed by atoms with van der Waals surface area (Å²) in [6, 6.07) is 13.7. The second-order valence-electron chi connectivity index (χ2n) is 8.34. The summed E-state index contributed by atoms with van der Waals surface area (Å²) in [4.78, 5) is 28.4. The molecule has 1 N–H and O–H groups in total. The van der Waals surface area contributed by atoms with Crippen LogP contribution in [0, 0.1) is 5.82 Å². The van der Waals surface area contributed by atoms with E-state index in [4.69, 9.17) is 9.47 Å². The Balaban J connectivity index is 1.62. The number of halogens is 1. The van der Waals surface area contributed by atoms with E-state index in [2.05, 4.69) is 0 Å². The van der Waals surface area contributed by atoms with Crippen molar-refractivity contribution in [1.29, 1.82) is 0 Å². The molecule has 2 atom stereocenters. The van der Waals surface area contributed by atoms with Gasteiger partial charge in [-0.1, -0.05) is 36.4 Å². The average molecular weight is 442 g/mol. The monoisotopic (exact) mass is 442 g/mol. The van der Waals surface area contributed by atoms with Gasteiger partial charge < -0.3 is 24.4 Å². The third kappa shape index (κ3) is 3.68. The van der Waals surface area contributed by atoms with Crippen LogP contribution in [0.25, 0.3) is 11.1 Å². The van der Waals surface area contributed by atoms with Gasteiger partial charge in [-0.15, -0.1) is 0 Å². The SMILES string of the molecule is COCC(=O)N1CC2(C1)[C@@H](c1ccc(-c3cccc(F)c3)cc1)[C@H](CO)N2C(=O)COC. The quantitative estimate of drug-likeness (QED) is 0.706. The summed E-state index contributed by atoms with van der Waals surface area (Å²) in [6.45, 7) is 0.447. The summed E-state index contributed by atoms with van der Waals surface area (Å²) in [7, 11) is 2.92. The van der Waals surface area contributed by atoms with E-state index in [0.717, 1.165) is 16.7 Å². The molecule has 2 fully saturated rings. The van der Waals surface area contributed by atoms with Crippen molar-refractivity contribution in [3.63, 3.8) is 0 Å². The second kappa shape index (κ2) is 8.97. The number of nitrogens with zero attached hydrogens (tertiary/aromatic N) is 2. The summed E-state index contributed by atoms with van der Waals surface area (Å²) in [5.41, 5.74) is 2.02. The number of hydrogen-bond donors (Lipinski definition) is 1. The summed E-state index contributed by atoms with van der Waals surface area (Å²) < 4.78 is 23.6. The lowest BCUT2D eigenvalue weighted by Crippen LogP contribution is -2.86. The van der Waals surface area contributed by atoms with Crippen LogP contribution in [0.15, 0.2) is 48.5 Å². The van der Waals surface area contributed by atoms with Crippen molar-refractivity contribution in [3.05, 3.63) is 59.9 Å². The molecule has 7 nitrogen and oxygen atoms in total. The van der Waals surface area contributed by atoms with Crippen LogP contribution in [0.4, 0.5) is 4.39 Å². The molecule has 0 aromatic heterocycles. The van der Waals surface area contributed by atoms with E-state index in [1.807, 2.05) is 30.3 Å². The van der Waals surface area contributed by atoms with Crippen molar-refractivity contribution in [1.82, 2.24) is 9.80 Å². The first-order valence-corrected chi connectivity index (χ1v) is 10.5. The lowest BCUT2D eigenvalue weighted by atomic mass is 9.60. The van der Waals surface area contributed by atoms with E-state index < -0.39 is 11.6 Å². The fraction of sp³-hybridized carbons (Fsp3) is 0.417. The van der Waals surface area contributed by atoms with Crippen molar-refractivity contribution < 1.29 is 28.6 Å². The van der Waals surface area contributed by atoms with Crippen LogP contribution in [0.1, 0.15) is 11.5 Å². The van der Waals surface area contributed by atoms with Crippen LogP contribution in [-0.2, 0) is 19.1 Å². The molecule has 1 spiro atoms. The smallest absolute Gasteiger partial charge is 0.249 e. The molecule has 170 valence electrons. The van der Waals surface area contributed by atoms with Crippen LogP contribution >= 0.6 is 0 Å². The Morgan fingerprint density at radius 2 is 1.69 bits per heavy atom. The van der Waals surface area contributed by atoms with Gasteiger partial charge in [0.25, 0.3) is 0 Å². The maximum absolute atomic E-state index is 13.6. The molecule has 2 aromatic rings. The molecule has 0 unspecified atom stereocenters. The molecule has 2 aliphatic rings. The van der Waals surface area contributed by atoms with Gasteiger partial charge in [0.2, 0.25) is 11.8 Å². The maximum atomic E-state index is 13.6. The number of methoxy groups -OCH3 is 2. The zero-order valence-corrected chi connectivity index (χ0v) is 18.2. The first kappa shape index (κ1) is 22.4. The van der Waals surface area contributed by atoms with Crippen molar-refractivity contribution >= 4 is 11.8 Å². The maximum Gasteiger partial charge on any atom is 0.249 e. The Labute approximate surface area is 186 Å². The predicted octanol–water partition coefficient (Wildman–Crippen LogP) is 1.65.